The minimum atomic E-state index is -0.446. The van der Waals surface area contributed by atoms with Crippen molar-refractivity contribution in [3.05, 3.63) is 16.6 Å². The number of nitrogens with one attached hydrogen (secondary N) is 1. The number of hydrogen-bond acceptors (Lipinski definition) is 4. The van der Waals surface area contributed by atoms with Crippen LogP contribution in [0, 0.1) is 5.92 Å². The van der Waals surface area contributed by atoms with Crippen molar-refractivity contribution in [3.8, 4) is 0 Å². The van der Waals surface area contributed by atoms with Gasteiger partial charge in [-0.3, -0.25) is 4.79 Å². The van der Waals surface area contributed by atoms with Crippen molar-refractivity contribution in [3.63, 3.8) is 0 Å². The summed E-state index contributed by atoms with van der Waals surface area (Å²) >= 11 is 1.40. The fraction of sp³-hybridized carbons (Fsp3) is 0.667. The summed E-state index contributed by atoms with van der Waals surface area (Å²) in [5.41, 5.74) is 1.64. The zero-order valence-corrected chi connectivity index (χ0v) is 10.8. The maximum absolute atomic E-state index is 12.0. The SMILES string of the molecule is CC1CCCC(CO)(NC(=O)c2cscn2)C1. The fourth-order valence-corrected chi connectivity index (χ4v) is 3.12. The molecule has 0 radical (unpaired) electrons. The molecule has 5 heteroatoms. The minimum Gasteiger partial charge on any atom is -0.394 e. The predicted octanol–water partition coefficient (Wildman–Crippen LogP) is 1.81. The second-order valence-corrected chi connectivity index (χ2v) is 5.69. The molecular formula is C12H18N2O2S. The first-order valence-electron chi connectivity index (χ1n) is 5.97. The summed E-state index contributed by atoms with van der Waals surface area (Å²) in [6, 6.07) is 0. The first-order valence-corrected chi connectivity index (χ1v) is 6.91. The zero-order valence-electron chi connectivity index (χ0n) is 9.98. The van der Waals surface area contributed by atoms with E-state index in [1.165, 1.54) is 17.8 Å². The summed E-state index contributed by atoms with van der Waals surface area (Å²) in [4.78, 5) is 16.0. The summed E-state index contributed by atoms with van der Waals surface area (Å²) < 4.78 is 0. The van der Waals surface area contributed by atoms with Crippen LogP contribution in [0.15, 0.2) is 10.9 Å². The molecule has 1 aromatic heterocycles. The van der Waals surface area contributed by atoms with E-state index in [0.29, 0.717) is 11.6 Å². The number of nitrogens with zero attached hydrogens (tertiary/aromatic N) is 1. The Kier molecular flexibility index (Phi) is 3.79. The molecule has 2 atom stereocenters. The highest BCUT2D eigenvalue weighted by atomic mass is 32.1. The first kappa shape index (κ1) is 12.5. The number of aliphatic hydroxyl groups is 1. The Bertz CT molecular complexity index is 380. The van der Waals surface area contributed by atoms with Crippen molar-refractivity contribution in [1.29, 1.82) is 0 Å². The van der Waals surface area contributed by atoms with Crippen LogP contribution < -0.4 is 5.32 Å². The fourth-order valence-electron chi connectivity index (χ4n) is 2.59. The molecule has 0 aliphatic heterocycles. The van der Waals surface area contributed by atoms with Crippen molar-refractivity contribution in [2.75, 3.05) is 6.61 Å². The largest absolute Gasteiger partial charge is 0.394 e. The second kappa shape index (κ2) is 5.14. The van der Waals surface area contributed by atoms with Gasteiger partial charge >= 0.3 is 0 Å². The molecule has 0 saturated heterocycles. The van der Waals surface area contributed by atoms with Crippen molar-refractivity contribution < 1.29 is 9.90 Å². The predicted molar refractivity (Wildman–Crippen MR) is 67.0 cm³/mol. The normalized spacial score (nSPS) is 28.9. The van der Waals surface area contributed by atoms with Crippen LogP contribution in [0.25, 0.3) is 0 Å². The van der Waals surface area contributed by atoms with E-state index in [9.17, 15) is 9.90 Å². The Labute approximate surface area is 105 Å². The van der Waals surface area contributed by atoms with E-state index in [4.69, 9.17) is 0 Å². The molecule has 2 N–H and O–H groups in total. The molecule has 94 valence electrons. The second-order valence-electron chi connectivity index (χ2n) is 4.97. The van der Waals surface area contributed by atoms with E-state index in [2.05, 4.69) is 17.2 Å². The molecule has 1 aliphatic carbocycles. The van der Waals surface area contributed by atoms with Crippen LogP contribution in [-0.2, 0) is 0 Å². The standard InChI is InChI=1S/C12H18N2O2S/c1-9-3-2-4-12(5-9,7-15)14-11(16)10-6-17-8-13-10/h6,8-9,15H,2-5,7H2,1H3,(H,14,16). The number of rotatable bonds is 3. The summed E-state index contributed by atoms with van der Waals surface area (Å²) in [6.07, 6.45) is 3.93. The minimum absolute atomic E-state index is 0.00716. The van der Waals surface area contributed by atoms with E-state index in [1.807, 2.05) is 0 Å². The highest BCUT2D eigenvalue weighted by Crippen LogP contribution is 2.32. The number of hydrogen-bond donors (Lipinski definition) is 2. The molecule has 2 rings (SSSR count). The van der Waals surface area contributed by atoms with E-state index < -0.39 is 5.54 Å². The molecule has 0 aromatic carbocycles. The van der Waals surface area contributed by atoms with Gasteiger partial charge in [-0.2, -0.15) is 0 Å². The van der Waals surface area contributed by atoms with Gasteiger partial charge in [-0.05, 0) is 18.8 Å². The Balaban J connectivity index is 2.06. The third kappa shape index (κ3) is 2.84. The number of thiazole rings is 1. The highest BCUT2D eigenvalue weighted by Gasteiger charge is 2.36. The molecule has 2 unspecified atom stereocenters. The number of carbonyl (C=O) groups excluding carboxylic acids is 1. The average Bonchev–Trinajstić information content (AvgIpc) is 2.82. The van der Waals surface area contributed by atoms with Crippen LogP contribution in [0.3, 0.4) is 0 Å². The van der Waals surface area contributed by atoms with Gasteiger partial charge in [-0.15, -0.1) is 11.3 Å². The number of aromatic nitrogens is 1. The van der Waals surface area contributed by atoms with Crippen LogP contribution in [0.4, 0.5) is 0 Å². The summed E-state index contributed by atoms with van der Waals surface area (Å²) in [6.45, 7) is 2.17. The summed E-state index contributed by atoms with van der Waals surface area (Å²) in [5, 5.41) is 14.3. The lowest BCUT2D eigenvalue weighted by molar-refractivity contribution is 0.0693. The maximum Gasteiger partial charge on any atom is 0.271 e. The number of aliphatic hydroxyl groups excluding tert-OH is 1. The lowest BCUT2D eigenvalue weighted by Crippen LogP contribution is -2.53. The third-order valence-electron chi connectivity index (χ3n) is 3.44. The lowest BCUT2D eigenvalue weighted by Gasteiger charge is -2.39. The Hall–Kier alpha value is -0.940. The molecular weight excluding hydrogens is 236 g/mol. The van der Waals surface area contributed by atoms with Crippen LogP contribution in [0.5, 0.6) is 0 Å². The monoisotopic (exact) mass is 254 g/mol. The van der Waals surface area contributed by atoms with Crippen molar-refractivity contribution in [1.82, 2.24) is 10.3 Å². The van der Waals surface area contributed by atoms with Gasteiger partial charge in [0.1, 0.15) is 5.69 Å². The van der Waals surface area contributed by atoms with E-state index >= 15 is 0 Å². The van der Waals surface area contributed by atoms with E-state index in [-0.39, 0.29) is 12.5 Å². The van der Waals surface area contributed by atoms with Crippen molar-refractivity contribution >= 4 is 17.2 Å². The van der Waals surface area contributed by atoms with Crippen LogP contribution in [0.2, 0.25) is 0 Å². The van der Waals surface area contributed by atoms with Gasteiger partial charge in [0.15, 0.2) is 0 Å². The van der Waals surface area contributed by atoms with Crippen LogP contribution in [-0.4, -0.2) is 28.1 Å². The van der Waals surface area contributed by atoms with Gasteiger partial charge in [0.2, 0.25) is 0 Å². The smallest absolute Gasteiger partial charge is 0.271 e. The van der Waals surface area contributed by atoms with Gasteiger partial charge < -0.3 is 10.4 Å². The van der Waals surface area contributed by atoms with Gasteiger partial charge in [0, 0.05) is 5.38 Å². The summed E-state index contributed by atoms with van der Waals surface area (Å²) in [5.74, 6) is 0.376. The van der Waals surface area contributed by atoms with Crippen molar-refractivity contribution in [2.45, 2.75) is 38.1 Å². The Morgan fingerprint density at radius 1 is 1.76 bits per heavy atom. The van der Waals surface area contributed by atoms with Gasteiger partial charge in [-0.1, -0.05) is 19.8 Å². The molecule has 0 bridgehead atoms. The molecule has 1 aromatic rings. The van der Waals surface area contributed by atoms with Gasteiger partial charge in [0.05, 0.1) is 17.7 Å². The van der Waals surface area contributed by atoms with Gasteiger partial charge in [-0.25, -0.2) is 4.98 Å². The number of carbonyl (C=O) groups is 1. The molecule has 1 saturated carbocycles. The van der Waals surface area contributed by atoms with Gasteiger partial charge in [0.25, 0.3) is 5.91 Å². The van der Waals surface area contributed by atoms with Crippen LogP contribution in [0.1, 0.15) is 43.1 Å². The van der Waals surface area contributed by atoms with E-state index in [1.54, 1.807) is 10.9 Å². The molecule has 1 amide bonds. The molecule has 0 spiro atoms. The zero-order chi connectivity index (χ0) is 12.3. The number of amides is 1. The Morgan fingerprint density at radius 3 is 3.18 bits per heavy atom. The first-order chi connectivity index (χ1) is 8.15. The lowest BCUT2D eigenvalue weighted by atomic mass is 9.77. The quantitative estimate of drug-likeness (QED) is 0.865. The summed E-state index contributed by atoms with van der Waals surface area (Å²) in [7, 11) is 0. The third-order valence-corrected chi connectivity index (χ3v) is 4.02. The molecule has 4 nitrogen and oxygen atoms in total. The molecule has 1 fully saturated rings. The Morgan fingerprint density at radius 2 is 2.59 bits per heavy atom. The van der Waals surface area contributed by atoms with E-state index in [0.717, 1.165) is 19.3 Å². The van der Waals surface area contributed by atoms with Crippen LogP contribution >= 0.6 is 11.3 Å². The molecule has 17 heavy (non-hydrogen) atoms. The van der Waals surface area contributed by atoms with Crippen molar-refractivity contribution in [2.24, 2.45) is 5.92 Å². The molecule has 1 heterocycles. The highest BCUT2D eigenvalue weighted by molar-refractivity contribution is 7.07. The molecule has 1 aliphatic rings. The topological polar surface area (TPSA) is 62.2 Å². The average molecular weight is 254 g/mol. The maximum atomic E-state index is 12.0.